The van der Waals surface area contributed by atoms with E-state index in [4.69, 9.17) is 4.42 Å². The quantitative estimate of drug-likeness (QED) is 0.535. The van der Waals surface area contributed by atoms with E-state index in [0.29, 0.717) is 10.2 Å². The highest BCUT2D eigenvalue weighted by atomic mass is 32.1. The molecule has 10 heteroatoms. The minimum Gasteiger partial charge on any atom is -0.459 e. The highest BCUT2D eigenvalue weighted by Crippen LogP contribution is 2.33. The lowest BCUT2D eigenvalue weighted by molar-refractivity contribution is -0.116. The van der Waals surface area contributed by atoms with E-state index in [-0.39, 0.29) is 17.9 Å². The molecule has 4 heterocycles. The first-order chi connectivity index (χ1) is 13.1. The SMILES string of the molecule is O=C(CNC(=O)c1ccco1)Nn1cnc2scc(-c3cccs3)c2c1=O. The van der Waals surface area contributed by atoms with Crippen LogP contribution >= 0.6 is 22.7 Å². The summed E-state index contributed by atoms with van der Waals surface area (Å²) in [5.41, 5.74) is 2.84. The second kappa shape index (κ2) is 7.17. The van der Waals surface area contributed by atoms with Crippen molar-refractivity contribution in [2.24, 2.45) is 0 Å². The Balaban J connectivity index is 1.53. The maximum Gasteiger partial charge on any atom is 0.287 e. The average Bonchev–Trinajstić information content (AvgIpc) is 3.41. The van der Waals surface area contributed by atoms with Gasteiger partial charge in [-0.2, -0.15) is 0 Å². The highest BCUT2D eigenvalue weighted by Gasteiger charge is 2.15. The van der Waals surface area contributed by atoms with Gasteiger partial charge in [0.25, 0.3) is 17.4 Å². The Morgan fingerprint density at radius 1 is 1.22 bits per heavy atom. The molecular formula is C17H12N4O4S2. The van der Waals surface area contributed by atoms with Crippen LogP contribution in [-0.4, -0.2) is 28.0 Å². The summed E-state index contributed by atoms with van der Waals surface area (Å²) in [7, 11) is 0. The number of hydrogen-bond acceptors (Lipinski definition) is 7. The normalized spacial score (nSPS) is 10.8. The number of carbonyl (C=O) groups excluding carboxylic acids is 2. The molecule has 0 bridgehead atoms. The number of amides is 2. The van der Waals surface area contributed by atoms with E-state index < -0.39 is 11.8 Å². The Kier molecular flexibility index (Phi) is 4.57. The number of furan rings is 1. The van der Waals surface area contributed by atoms with Crippen LogP contribution in [0.5, 0.6) is 0 Å². The van der Waals surface area contributed by atoms with E-state index in [9.17, 15) is 14.4 Å². The maximum absolute atomic E-state index is 12.8. The molecule has 0 aliphatic carbocycles. The number of nitrogens with zero attached hydrogens (tertiary/aromatic N) is 2. The lowest BCUT2D eigenvalue weighted by Crippen LogP contribution is -2.39. The Labute approximate surface area is 160 Å². The standard InChI is InChI=1S/C17H12N4O4S2/c22-13(7-18-15(23)11-3-1-5-25-11)20-21-9-19-16-14(17(21)24)10(8-27-16)12-4-2-6-26-12/h1-6,8-9H,7H2,(H,18,23)(H,20,22). The zero-order valence-electron chi connectivity index (χ0n) is 13.7. The van der Waals surface area contributed by atoms with Crippen molar-refractivity contribution < 1.29 is 14.0 Å². The number of hydrogen-bond donors (Lipinski definition) is 2. The van der Waals surface area contributed by atoms with Gasteiger partial charge < -0.3 is 9.73 Å². The number of fused-ring (bicyclic) bond motifs is 1. The molecule has 2 amide bonds. The van der Waals surface area contributed by atoms with Gasteiger partial charge in [0.05, 0.1) is 18.2 Å². The third-order valence-corrected chi connectivity index (χ3v) is 5.47. The predicted molar refractivity (Wildman–Crippen MR) is 103 cm³/mol. The predicted octanol–water partition coefficient (Wildman–Crippen LogP) is 2.28. The van der Waals surface area contributed by atoms with E-state index in [1.165, 1.54) is 41.3 Å². The lowest BCUT2D eigenvalue weighted by Gasteiger charge is -2.08. The number of nitrogens with one attached hydrogen (secondary N) is 2. The molecule has 0 aromatic carbocycles. The monoisotopic (exact) mass is 400 g/mol. The molecule has 4 rings (SSSR count). The Morgan fingerprint density at radius 2 is 2.11 bits per heavy atom. The van der Waals surface area contributed by atoms with Gasteiger partial charge in [-0.05, 0) is 23.6 Å². The summed E-state index contributed by atoms with van der Waals surface area (Å²) in [5, 5.41) is 6.67. The van der Waals surface area contributed by atoms with Crippen LogP contribution in [0.1, 0.15) is 10.6 Å². The van der Waals surface area contributed by atoms with Crippen molar-refractivity contribution in [2.45, 2.75) is 0 Å². The smallest absolute Gasteiger partial charge is 0.287 e. The van der Waals surface area contributed by atoms with Crippen LogP contribution < -0.4 is 16.3 Å². The summed E-state index contributed by atoms with van der Waals surface area (Å²) in [5.74, 6) is -0.984. The van der Waals surface area contributed by atoms with Crippen molar-refractivity contribution in [3.05, 3.63) is 63.7 Å². The van der Waals surface area contributed by atoms with Gasteiger partial charge in [0.15, 0.2) is 5.76 Å². The number of carbonyl (C=O) groups is 2. The molecule has 0 aliphatic rings. The van der Waals surface area contributed by atoms with E-state index >= 15 is 0 Å². The number of rotatable bonds is 5. The van der Waals surface area contributed by atoms with Gasteiger partial charge in [-0.3, -0.25) is 19.8 Å². The minimum atomic E-state index is -0.564. The molecule has 8 nitrogen and oxygen atoms in total. The third-order valence-electron chi connectivity index (χ3n) is 3.68. The Morgan fingerprint density at radius 3 is 2.85 bits per heavy atom. The minimum absolute atomic E-state index is 0.0990. The van der Waals surface area contributed by atoms with Crippen molar-refractivity contribution in [3.8, 4) is 10.4 Å². The summed E-state index contributed by atoms with van der Waals surface area (Å²) >= 11 is 2.89. The molecule has 0 fully saturated rings. The van der Waals surface area contributed by atoms with Crippen LogP contribution in [0, 0.1) is 0 Å². The second-order valence-electron chi connectivity index (χ2n) is 5.42. The van der Waals surface area contributed by atoms with Crippen molar-refractivity contribution in [3.63, 3.8) is 0 Å². The summed E-state index contributed by atoms with van der Waals surface area (Å²) in [6.07, 6.45) is 2.62. The van der Waals surface area contributed by atoms with Crippen molar-refractivity contribution >= 4 is 44.7 Å². The van der Waals surface area contributed by atoms with E-state index in [1.807, 2.05) is 22.9 Å². The topological polar surface area (TPSA) is 106 Å². The van der Waals surface area contributed by atoms with Crippen molar-refractivity contribution in [1.29, 1.82) is 0 Å². The average molecular weight is 400 g/mol. The molecule has 0 saturated carbocycles. The van der Waals surface area contributed by atoms with E-state index in [2.05, 4.69) is 15.7 Å². The van der Waals surface area contributed by atoms with Crippen LogP contribution in [0.25, 0.3) is 20.7 Å². The second-order valence-corrected chi connectivity index (χ2v) is 7.23. The van der Waals surface area contributed by atoms with Gasteiger partial charge in [-0.15, -0.1) is 22.7 Å². The summed E-state index contributed by atoms with van der Waals surface area (Å²) in [6, 6.07) is 6.88. The molecule has 0 aliphatic heterocycles. The van der Waals surface area contributed by atoms with E-state index in [0.717, 1.165) is 15.1 Å². The molecule has 0 unspecified atom stereocenters. The van der Waals surface area contributed by atoms with Gasteiger partial charge in [0, 0.05) is 15.8 Å². The fourth-order valence-electron chi connectivity index (χ4n) is 2.45. The van der Waals surface area contributed by atoms with Gasteiger partial charge >= 0.3 is 0 Å². The molecule has 2 N–H and O–H groups in total. The van der Waals surface area contributed by atoms with Crippen molar-refractivity contribution in [2.75, 3.05) is 12.0 Å². The zero-order valence-corrected chi connectivity index (χ0v) is 15.3. The molecule has 4 aromatic heterocycles. The third kappa shape index (κ3) is 3.39. The molecule has 136 valence electrons. The summed E-state index contributed by atoms with van der Waals surface area (Å²) in [6.45, 7) is -0.314. The van der Waals surface area contributed by atoms with Gasteiger partial charge in [0.2, 0.25) is 0 Å². The lowest BCUT2D eigenvalue weighted by atomic mass is 10.2. The van der Waals surface area contributed by atoms with E-state index in [1.54, 1.807) is 6.07 Å². The molecule has 4 aromatic rings. The summed E-state index contributed by atoms with van der Waals surface area (Å²) < 4.78 is 5.97. The summed E-state index contributed by atoms with van der Waals surface area (Å²) in [4.78, 5) is 42.4. The van der Waals surface area contributed by atoms with Crippen molar-refractivity contribution in [1.82, 2.24) is 15.0 Å². The van der Waals surface area contributed by atoms with Crippen LogP contribution in [0.15, 0.2) is 56.8 Å². The largest absolute Gasteiger partial charge is 0.459 e. The molecule has 0 radical (unpaired) electrons. The first-order valence-electron chi connectivity index (χ1n) is 7.78. The fourth-order valence-corrected chi connectivity index (χ4v) is 4.18. The zero-order chi connectivity index (χ0) is 18.8. The van der Waals surface area contributed by atoms with Gasteiger partial charge in [0.1, 0.15) is 11.2 Å². The highest BCUT2D eigenvalue weighted by molar-refractivity contribution is 7.18. The molecule has 27 heavy (non-hydrogen) atoms. The molecule has 0 saturated heterocycles. The van der Waals surface area contributed by atoms with Crippen LogP contribution in [0.4, 0.5) is 0 Å². The fraction of sp³-hybridized carbons (Fsp3) is 0.0588. The molecular weight excluding hydrogens is 388 g/mol. The molecule has 0 atom stereocenters. The first kappa shape index (κ1) is 17.2. The Hall–Kier alpha value is -3.24. The van der Waals surface area contributed by atoms with Crippen LogP contribution in [0.3, 0.4) is 0 Å². The Bertz CT molecular complexity index is 1160. The van der Waals surface area contributed by atoms with Gasteiger partial charge in [-0.1, -0.05) is 6.07 Å². The molecule has 0 spiro atoms. The number of aromatic nitrogens is 2. The van der Waals surface area contributed by atoms with Crippen LogP contribution in [-0.2, 0) is 4.79 Å². The van der Waals surface area contributed by atoms with Crippen LogP contribution in [0.2, 0.25) is 0 Å². The number of thiophene rings is 2. The first-order valence-corrected chi connectivity index (χ1v) is 9.53. The maximum atomic E-state index is 12.8. The van der Waals surface area contributed by atoms with Gasteiger partial charge in [-0.25, -0.2) is 9.66 Å².